The van der Waals surface area contributed by atoms with E-state index in [0.717, 1.165) is 39.1 Å². The summed E-state index contributed by atoms with van der Waals surface area (Å²) in [6, 6.07) is 10.5. The highest BCUT2D eigenvalue weighted by Gasteiger charge is 2.21. The van der Waals surface area contributed by atoms with Crippen LogP contribution >= 0.6 is 12.2 Å². The monoisotopic (exact) mass is 400 g/mol. The zero-order valence-corrected chi connectivity index (χ0v) is 16.3. The van der Waals surface area contributed by atoms with Crippen LogP contribution in [0.3, 0.4) is 0 Å². The number of aromatic nitrogens is 3. The molecule has 3 heterocycles. The summed E-state index contributed by atoms with van der Waals surface area (Å²) in [5.41, 5.74) is 1.12. The number of nitrogens with zero attached hydrogens (tertiary/aromatic N) is 3. The van der Waals surface area contributed by atoms with Gasteiger partial charge in [-0.3, -0.25) is 9.36 Å². The molecule has 0 radical (unpaired) electrons. The highest BCUT2D eigenvalue weighted by molar-refractivity contribution is 7.71. The maximum atomic E-state index is 14.0. The minimum atomic E-state index is -0.162. The third-order valence-corrected chi connectivity index (χ3v) is 5.65. The Hall–Kier alpha value is -2.58. The van der Waals surface area contributed by atoms with Crippen LogP contribution in [-0.4, -0.2) is 47.3 Å². The van der Waals surface area contributed by atoms with Crippen molar-refractivity contribution < 1.29 is 9.29 Å². The maximum Gasteiger partial charge on any atom is 0.263 e. The van der Waals surface area contributed by atoms with Crippen molar-refractivity contribution in [2.75, 3.05) is 37.6 Å². The topological polar surface area (TPSA) is 58.4 Å². The van der Waals surface area contributed by atoms with Gasteiger partial charge in [0.2, 0.25) is 0 Å². The lowest BCUT2D eigenvalue weighted by Gasteiger charge is -2.33. The number of para-hydroxylation sites is 1. The molecule has 1 aromatic carbocycles. The summed E-state index contributed by atoms with van der Waals surface area (Å²) in [5, 5.41) is 0.557. The molecule has 1 aliphatic heterocycles. The molecule has 0 saturated carbocycles. The first-order valence-electron chi connectivity index (χ1n) is 9.54. The summed E-state index contributed by atoms with van der Waals surface area (Å²) in [7, 11) is 0. The molecular weight excluding hydrogens is 377 g/mol. The van der Waals surface area contributed by atoms with E-state index in [1.165, 1.54) is 11.0 Å². The molecule has 1 fully saturated rings. The molecule has 0 spiro atoms. The lowest BCUT2D eigenvalue weighted by molar-refractivity contribution is -0.900. The number of anilines is 1. The number of quaternary nitrogens is 1. The van der Waals surface area contributed by atoms with Gasteiger partial charge in [0.1, 0.15) is 11.5 Å². The number of nitrogens with one attached hydrogen (secondary N) is 2. The van der Waals surface area contributed by atoms with E-state index in [-0.39, 0.29) is 11.4 Å². The first-order chi connectivity index (χ1) is 13.6. The van der Waals surface area contributed by atoms with Crippen LogP contribution in [0.2, 0.25) is 0 Å². The van der Waals surface area contributed by atoms with Gasteiger partial charge in [0.05, 0.1) is 43.8 Å². The number of hydrogen-bond acceptors (Lipinski definition) is 4. The lowest BCUT2D eigenvalue weighted by atomic mass is 10.2. The van der Waals surface area contributed by atoms with E-state index in [2.05, 4.69) is 14.9 Å². The standard InChI is InChI=1S/C20H22FN5OS/c21-16-6-1-2-7-17(16)25-13-11-24(12-14-25)9-4-10-26-19(27)15-5-3-8-22-18(15)23-20(26)28/h1-3,5-8H,4,9-14H2,(H,22,23,28)/p+1. The Labute approximate surface area is 167 Å². The minimum Gasteiger partial charge on any atom is -0.358 e. The molecule has 146 valence electrons. The second-order valence-electron chi connectivity index (χ2n) is 7.08. The van der Waals surface area contributed by atoms with Crippen LogP contribution in [0.25, 0.3) is 11.0 Å². The fraction of sp³-hybridized carbons (Fsp3) is 0.350. The first-order valence-corrected chi connectivity index (χ1v) is 9.95. The van der Waals surface area contributed by atoms with Gasteiger partial charge in [-0.15, -0.1) is 0 Å². The van der Waals surface area contributed by atoms with E-state index in [0.29, 0.717) is 28.0 Å². The molecule has 0 unspecified atom stereocenters. The van der Waals surface area contributed by atoms with Crippen molar-refractivity contribution in [2.45, 2.75) is 13.0 Å². The summed E-state index contributed by atoms with van der Waals surface area (Å²) in [5.74, 6) is -0.162. The predicted octanol–water partition coefficient (Wildman–Crippen LogP) is 1.39. The van der Waals surface area contributed by atoms with Gasteiger partial charge in [0.15, 0.2) is 4.77 Å². The Balaban J connectivity index is 1.34. The predicted molar refractivity (Wildman–Crippen MR) is 110 cm³/mol. The SMILES string of the molecule is O=c1c2cccnc2[nH]c(=S)n1CCC[NH+]1CCN(c2ccccc2F)CC1. The summed E-state index contributed by atoms with van der Waals surface area (Å²) >= 11 is 5.34. The van der Waals surface area contributed by atoms with E-state index in [1.54, 1.807) is 29.0 Å². The van der Waals surface area contributed by atoms with Gasteiger partial charge < -0.3 is 14.8 Å². The van der Waals surface area contributed by atoms with Crippen molar-refractivity contribution in [2.24, 2.45) is 0 Å². The molecule has 2 aromatic heterocycles. The zero-order valence-electron chi connectivity index (χ0n) is 15.5. The molecule has 4 rings (SSSR count). The van der Waals surface area contributed by atoms with Crippen molar-refractivity contribution in [1.29, 1.82) is 0 Å². The van der Waals surface area contributed by atoms with Crippen LogP contribution in [-0.2, 0) is 6.54 Å². The Morgan fingerprint density at radius 2 is 1.96 bits per heavy atom. The normalized spacial score (nSPS) is 15.2. The Bertz CT molecular complexity index is 1090. The molecule has 28 heavy (non-hydrogen) atoms. The van der Waals surface area contributed by atoms with Gasteiger partial charge in [0, 0.05) is 19.2 Å². The number of piperazine rings is 1. The third kappa shape index (κ3) is 3.83. The quantitative estimate of drug-likeness (QED) is 0.636. The molecule has 0 amide bonds. The molecule has 0 aliphatic carbocycles. The van der Waals surface area contributed by atoms with Gasteiger partial charge in [-0.05, 0) is 36.5 Å². The van der Waals surface area contributed by atoms with E-state index >= 15 is 0 Å². The van der Waals surface area contributed by atoms with Crippen molar-refractivity contribution >= 4 is 28.9 Å². The number of rotatable bonds is 5. The highest BCUT2D eigenvalue weighted by atomic mass is 32.1. The first kappa shape index (κ1) is 18.8. The molecule has 3 aromatic rings. The van der Waals surface area contributed by atoms with Crippen molar-refractivity contribution in [1.82, 2.24) is 14.5 Å². The number of aromatic amines is 1. The molecule has 2 N–H and O–H groups in total. The van der Waals surface area contributed by atoms with E-state index in [1.807, 2.05) is 12.1 Å². The van der Waals surface area contributed by atoms with Crippen LogP contribution in [0, 0.1) is 10.6 Å². The van der Waals surface area contributed by atoms with Gasteiger partial charge in [-0.1, -0.05) is 12.1 Å². The van der Waals surface area contributed by atoms with Crippen molar-refractivity contribution in [3.8, 4) is 0 Å². The largest absolute Gasteiger partial charge is 0.358 e. The Morgan fingerprint density at radius 3 is 2.75 bits per heavy atom. The van der Waals surface area contributed by atoms with Crippen LogP contribution in [0.15, 0.2) is 47.4 Å². The molecule has 0 bridgehead atoms. The summed E-state index contributed by atoms with van der Waals surface area (Å²) in [6.45, 7) is 5.11. The van der Waals surface area contributed by atoms with Crippen molar-refractivity contribution in [3.05, 3.63) is 63.5 Å². The number of hydrogen-bond donors (Lipinski definition) is 2. The smallest absolute Gasteiger partial charge is 0.263 e. The third-order valence-electron chi connectivity index (χ3n) is 5.33. The van der Waals surface area contributed by atoms with Crippen LogP contribution in [0.1, 0.15) is 6.42 Å². The van der Waals surface area contributed by atoms with Gasteiger partial charge in [-0.25, -0.2) is 9.37 Å². The van der Waals surface area contributed by atoms with Gasteiger partial charge in [-0.2, -0.15) is 0 Å². The number of halogens is 1. The number of benzene rings is 1. The second-order valence-corrected chi connectivity index (χ2v) is 7.47. The summed E-state index contributed by atoms with van der Waals surface area (Å²) in [4.78, 5) is 23.4. The number of pyridine rings is 1. The Kier molecular flexibility index (Phi) is 5.50. The summed E-state index contributed by atoms with van der Waals surface area (Å²) in [6.07, 6.45) is 2.50. The number of fused-ring (bicyclic) bond motifs is 1. The molecule has 8 heteroatoms. The fourth-order valence-corrected chi connectivity index (χ4v) is 4.07. The average molecular weight is 401 g/mol. The van der Waals surface area contributed by atoms with Crippen LogP contribution < -0.4 is 15.4 Å². The Morgan fingerprint density at radius 1 is 1.18 bits per heavy atom. The maximum absolute atomic E-state index is 14.0. The second kappa shape index (κ2) is 8.20. The van der Waals surface area contributed by atoms with E-state index in [4.69, 9.17) is 12.2 Å². The summed E-state index contributed by atoms with van der Waals surface area (Å²) < 4.78 is 16.0. The molecule has 1 saturated heterocycles. The molecule has 1 aliphatic rings. The number of H-pyrrole nitrogens is 1. The molecular formula is C20H23FN5OS+. The van der Waals surface area contributed by atoms with E-state index in [9.17, 15) is 9.18 Å². The van der Waals surface area contributed by atoms with Gasteiger partial charge in [0.25, 0.3) is 5.56 Å². The van der Waals surface area contributed by atoms with Crippen LogP contribution in [0.5, 0.6) is 0 Å². The highest BCUT2D eigenvalue weighted by Crippen LogP contribution is 2.18. The van der Waals surface area contributed by atoms with Gasteiger partial charge >= 0.3 is 0 Å². The van der Waals surface area contributed by atoms with Crippen LogP contribution in [0.4, 0.5) is 10.1 Å². The van der Waals surface area contributed by atoms with E-state index < -0.39 is 0 Å². The molecule has 0 atom stereocenters. The zero-order chi connectivity index (χ0) is 19.5. The fourth-order valence-electron chi connectivity index (χ4n) is 3.80. The minimum absolute atomic E-state index is 0.0915. The van der Waals surface area contributed by atoms with Crippen molar-refractivity contribution in [3.63, 3.8) is 0 Å². The molecule has 6 nitrogen and oxygen atoms in total. The lowest BCUT2D eigenvalue weighted by Crippen LogP contribution is -3.14. The average Bonchev–Trinajstić information content (AvgIpc) is 2.71.